The minimum Gasteiger partial charge on any atom is -0.384 e. The van der Waals surface area contributed by atoms with Crippen LogP contribution >= 0.6 is 0 Å². The molecule has 0 heterocycles. The Morgan fingerprint density at radius 3 is 2.09 bits per heavy atom. The largest absolute Gasteiger partial charge is 0.384 e. The second-order valence-corrected chi connectivity index (χ2v) is 7.58. The molecule has 1 aliphatic rings. The van der Waals surface area contributed by atoms with Gasteiger partial charge < -0.3 is 5.11 Å². The average molecular weight is 324 g/mol. The number of aliphatic hydroxyl groups is 1. The molecule has 0 spiro atoms. The lowest BCUT2D eigenvalue weighted by Gasteiger charge is -2.43. The number of hydrogen-bond acceptors (Lipinski definition) is 1. The third kappa shape index (κ3) is 4.12. The van der Waals surface area contributed by atoms with Crippen molar-refractivity contribution in [2.45, 2.75) is 71.3 Å². The monoisotopic (exact) mass is 324 g/mol. The van der Waals surface area contributed by atoms with Gasteiger partial charge in [-0.2, -0.15) is 0 Å². The molecule has 1 N–H and O–H groups in total. The zero-order valence-electron chi connectivity index (χ0n) is 14.6. The topological polar surface area (TPSA) is 20.2 Å². The van der Waals surface area contributed by atoms with Gasteiger partial charge in [-0.05, 0) is 42.2 Å². The van der Waals surface area contributed by atoms with E-state index in [9.17, 15) is 13.9 Å². The molecule has 0 radical (unpaired) electrons. The molecule has 1 aliphatic carbocycles. The van der Waals surface area contributed by atoms with Crippen molar-refractivity contribution in [1.82, 2.24) is 0 Å². The van der Waals surface area contributed by atoms with E-state index in [4.69, 9.17) is 0 Å². The number of rotatable bonds is 6. The third-order valence-electron chi connectivity index (χ3n) is 5.36. The van der Waals surface area contributed by atoms with Crippen molar-refractivity contribution >= 4 is 0 Å². The SMILES string of the molecule is CC(C)Cc1ccc(C(O)(C2CCCCC2)C(C)C(F)F)cc1. The minimum absolute atomic E-state index is 0.0730. The van der Waals surface area contributed by atoms with Crippen molar-refractivity contribution in [2.24, 2.45) is 17.8 Å². The van der Waals surface area contributed by atoms with E-state index in [0.29, 0.717) is 11.5 Å². The average Bonchev–Trinajstić information content (AvgIpc) is 2.54. The van der Waals surface area contributed by atoms with Gasteiger partial charge in [-0.1, -0.05) is 64.3 Å². The van der Waals surface area contributed by atoms with Gasteiger partial charge in [0.25, 0.3) is 0 Å². The van der Waals surface area contributed by atoms with Crippen LogP contribution in [0.5, 0.6) is 0 Å². The second-order valence-electron chi connectivity index (χ2n) is 7.58. The van der Waals surface area contributed by atoms with Crippen LogP contribution in [0.3, 0.4) is 0 Å². The molecule has 1 saturated carbocycles. The molecule has 2 atom stereocenters. The summed E-state index contributed by atoms with van der Waals surface area (Å²) in [7, 11) is 0. The zero-order chi connectivity index (χ0) is 17.0. The van der Waals surface area contributed by atoms with Crippen LogP contribution in [0.25, 0.3) is 0 Å². The van der Waals surface area contributed by atoms with E-state index in [-0.39, 0.29) is 5.92 Å². The Morgan fingerprint density at radius 2 is 1.61 bits per heavy atom. The summed E-state index contributed by atoms with van der Waals surface area (Å²) in [6.07, 6.45) is 3.30. The first-order valence-corrected chi connectivity index (χ1v) is 8.95. The molecule has 2 rings (SSSR count). The van der Waals surface area contributed by atoms with Crippen LogP contribution in [0, 0.1) is 17.8 Å². The van der Waals surface area contributed by atoms with Gasteiger partial charge in [0.15, 0.2) is 0 Å². The van der Waals surface area contributed by atoms with Gasteiger partial charge in [-0.3, -0.25) is 0 Å². The van der Waals surface area contributed by atoms with E-state index in [1.165, 1.54) is 12.5 Å². The Morgan fingerprint density at radius 1 is 1.04 bits per heavy atom. The van der Waals surface area contributed by atoms with Crippen molar-refractivity contribution in [3.05, 3.63) is 35.4 Å². The van der Waals surface area contributed by atoms with E-state index in [1.807, 2.05) is 24.3 Å². The molecule has 0 bridgehead atoms. The summed E-state index contributed by atoms with van der Waals surface area (Å²) in [6.45, 7) is 5.80. The normalized spacial score (nSPS) is 20.7. The summed E-state index contributed by atoms with van der Waals surface area (Å²) >= 11 is 0. The fourth-order valence-corrected chi connectivity index (χ4v) is 3.98. The van der Waals surface area contributed by atoms with Gasteiger partial charge >= 0.3 is 0 Å². The lowest BCUT2D eigenvalue weighted by atomic mass is 9.67. The molecular formula is C20H30F2O. The zero-order valence-corrected chi connectivity index (χ0v) is 14.6. The first kappa shape index (κ1) is 18.4. The number of benzene rings is 1. The quantitative estimate of drug-likeness (QED) is 0.727. The van der Waals surface area contributed by atoms with Crippen LogP contribution in [0.15, 0.2) is 24.3 Å². The molecular weight excluding hydrogens is 294 g/mol. The molecule has 0 aromatic heterocycles. The summed E-state index contributed by atoms with van der Waals surface area (Å²) < 4.78 is 26.9. The van der Waals surface area contributed by atoms with Crippen LogP contribution in [-0.4, -0.2) is 11.5 Å². The number of hydrogen-bond donors (Lipinski definition) is 1. The van der Waals surface area contributed by atoms with Gasteiger partial charge in [-0.15, -0.1) is 0 Å². The molecule has 1 aromatic carbocycles. The van der Waals surface area contributed by atoms with Gasteiger partial charge in [-0.25, -0.2) is 8.78 Å². The van der Waals surface area contributed by atoms with E-state index >= 15 is 0 Å². The Hall–Kier alpha value is -0.960. The third-order valence-corrected chi connectivity index (χ3v) is 5.36. The van der Waals surface area contributed by atoms with Crippen LogP contribution < -0.4 is 0 Å². The maximum Gasteiger partial charge on any atom is 0.244 e. The fourth-order valence-electron chi connectivity index (χ4n) is 3.98. The Balaban J connectivity index is 2.32. The summed E-state index contributed by atoms with van der Waals surface area (Å²) in [4.78, 5) is 0. The fraction of sp³-hybridized carbons (Fsp3) is 0.700. The predicted octanol–water partition coefficient (Wildman–Crippen LogP) is 5.55. The molecule has 23 heavy (non-hydrogen) atoms. The summed E-state index contributed by atoms with van der Waals surface area (Å²) in [5, 5.41) is 11.3. The highest BCUT2D eigenvalue weighted by molar-refractivity contribution is 5.29. The smallest absolute Gasteiger partial charge is 0.244 e. The molecule has 130 valence electrons. The van der Waals surface area contributed by atoms with Crippen LogP contribution in [0.1, 0.15) is 64.0 Å². The van der Waals surface area contributed by atoms with E-state index in [2.05, 4.69) is 13.8 Å². The van der Waals surface area contributed by atoms with Crippen LogP contribution in [0.4, 0.5) is 8.78 Å². The van der Waals surface area contributed by atoms with E-state index < -0.39 is 17.9 Å². The maximum atomic E-state index is 13.5. The van der Waals surface area contributed by atoms with Gasteiger partial charge in [0.2, 0.25) is 6.43 Å². The second kappa shape index (κ2) is 7.74. The highest BCUT2D eigenvalue weighted by Gasteiger charge is 2.46. The van der Waals surface area contributed by atoms with Crippen molar-refractivity contribution in [3.8, 4) is 0 Å². The predicted molar refractivity (Wildman–Crippen MR) is 90.6 cm³/mol. The maximum absolute atomic E-state index is 13.5. The molecule has 0 saturated heterocycles. The Kier molecular flexibility index (Phi) is 6.19. The standard InChI is InChI=1S/C20H30F2O/c1-14(2)13-16-9-11-18(12-10-16)20(23,15(3)19(21)22)17-7-5-4-6-8-17/h9-12,14-15,17,19,23H,4-8,13H2,1-3H3. The molecule has 0 amide bonds. The summed E-state index contributed by atoms with van der Waals surface area (Å²) in [5.41, 5.74) is 0.425. The van der Waals surface area contributed by atoms with Gasteiger partial charge in [0.1, 0.15) is 5.60 Å². The Bertz CT molecular complexity index is 477. The van der Waals surface area contributed by atoms with E-state index in [1.54, 1.807) is 0 Å². The molecule has 0 aliphatic heterocycles. The highest BCUT2D eigenvalue weighted by atomic mass is 19.3. The van der Waals surface area contributed by atoms with Crippen LogP contribution in [-0.2, 0) is 12.0 Å². The van der Waals surface area contributed by atoms with Gasteiger partial charge in [0, 0.05) is 0 Å². The summed E-state index contributed by atoms with van der Waals surface area (Å²) in [5.74, 6) is -0.573. The lowest BCUT2D eigenvalue weighted by molar-refractivity contribution is -0.128. The van der Waals surface area contributed by atoms with Crippen molar-refractivity contribution in [2.75, 3.05) is 0 Å². The van der Waals surface area contributed by atoms with Gasteiger partial charge in [0.05, 0.1) is 5.92 Å². The minimum atomic E-state index is -2.52. The molecule has 3 heteroatoms. The first-order valence-electron chi connectivity index (χ1n) is 8.95. The Labute approximate surface area is 139 Å². The molecule has 2 unspecified atom stereocenters. The molecule has 1 aromatic rings. The lowest BCUT2D eigenvalue weighted by Crippen LogP contribution is -2.45. The number of alkyl halides is 2. The van der Waals surface area contributed by atoms with Crippen molar-refractivity contribution < 1.29 is 13.9 Å². The van der Waals surface area contributed by atoms with Crippen molar-refractivity contribution in [1.29, 1.82) is 0 Å². The molecule has 1 fully saturated rings. The van der Waals surface area contributed by atoms with Crippen molar-refractivity contribution in [3.63, 3.8) is 0 Å². The number of halogens is 2. The highest BCUT2D eigenvalue weighted by Crippen LogP contribution is 2.46. The van der Waals surface area contributed by atoms with Crippen LogP contribution in [0.2, 0.25) is 0 Å². The first-order chi connectivity index (χ1) is 10.9. The van der Waals surface area contributed by atoms with E-state index in [0.717, 1.165) is 38.5 Å². The summed E-state index contributed by atoms with van der Waals surface area (Å²) in [6, 6.07) is 7.71. The molecule has 1 nitrogen and oxygen atoms in total.